The zero-order valence-corrected chi connectivity index (χ0v) is 23.0. The monoisotopic (exact) mass is 542 g/mol. The lowest BCUT2D eigenvalue weighted by atomic mass is 9.72. The molecule has 1 radical (unpaired) electrons. The van der Waals surface area contributed by atoms with Crippen LogP contribution in [0.1, 0.15) is 89.6 Å². The number of carbonyl (C=O) groups is 1. The number of pyridine rings is 1. The number of nitrogens with zero attached hydrogens (tertiary/aromatic N) is 2. The first-order valence-electron chi connectivity index (χ1n) is 13.4. The Morgan fingerprint density at radius 2 is 1.90 bits per heavy atom. The quantitative estimate of drug-likeness (QED) is 0.135. The number of rotatable bonds is 11. The highest BCUT2D eigenvalue weighted by atomic mass is 19.3. The van der Waals surface area contributed by atoms with Crippen LogP contribution in [0.3, 0.4) is 0 Å². The van der Waals surface area contributed by atoms with Crippen molar-refractivity contribution in [2.75, 3.05) is 0 Å². The number of amides is 1. The van der Waals surface area contributed by atoms with E-state index in [9.17, 15) is 13.6 Å². The molecule has 2 aliphatic rings. The number of hydrogen-bond acceptors (Lipinski definition) is 3. The summed E-state index contributed by atoms with van der Waals surface area (Å²) in [6, 6.07) is 2.76. The van der Waals surface area contributed by atoms with Gasteiger partial charge in [0, 0.05) is 65.6 Å². The van der Waals surface area contributed by atoms with Crippen LogP contribution in [0, 0.1) is 24.2 Å². The molecule has 1 aromatic heterocycles. The van der Waals surface area contributed by atoms with Crippen molar-refractivity contribution in [1.29, 1.82) is 0 Å². The van der Waals surface area contributed by atoms with Crippen molar-refractivity contribution in [3.05, 3.63) is 65.5 Å². The van der Waals surface area contributed by atoms with Crippen molar-refractivity contribution in [1.82, 2.24) is 10.3 Å². The lowest BCUT2D eigenvalue weighted by Gasteiger charge is -2.33. The Hall–Kier alpha value is -3.21. The minimum Gasteiger partial charge on any atom is -0.307 e. The number of aromatic nitrogens is 1. The van der Waals surface area contributed by atoms with Crippen LogP contribution in [0.2, 0.25) is 0 Å². The van der Waals surface area contributed by atoms with E-state index in [2.05, 4.69) is 28.7 Å². The first-order chi connectivity index (χ1) is 18.5. The van der Waals surface area contributed by atoms with Gasteiger partial charge in [0.15, 0.2) is 0 Å². The first kappa shape index (κ1) is 30.3. The van der Waals surface area contributed by atoms with E-state index in [-0.39, 0.29) is 28.2 Å². The summed E-state index contributed by atoms with van der Waals surface area (Å²) in [5.41, 5.74) is 0.640. The van der Waals surface area contributed by atoms with Crippen molar-refractivity contribution < 1.29 is 22.4 Å². The second-order valence-electron chi connectivity index (χ2n) is 10.1. The molecule has 8 heteroatoms. The first-order valence-corrected chi connectivity index (χ1v) is 13.4. The van der Waals surface area contributed by atoms with Gasteiger partial charge in [-0.3, -0.25) is 9.78 Å². The molecule has 0 spiro atoms. The summed E-state index contributed by atoms with van der Waals surface area (Å²) in [5, 5.41) is 2.59. The Labute approximate surface area is 228 Å². The smallest absolute Gasteiger partial charge is 0.273 e. The molecular weight excluding hydrogens is 506 g/mol. The van der Waals surface area contributed by atoms with Gasteiger partial charge < -0.3 is 5.32 Å². The predicted molar refractivity (Wildman–Crippen MR) is 147 cm³/mol. The number of allylic oxidation sites excluding steroid dienone is 2. The Balaban J connectivity index is 2.29. The van der Waals surface area contributed by atoms with Gasteiger partial charge in [0.05, 0.1) is 5.69 Å². The van der Waals surface area contributed by atoms with Gasteiger partial charge in [0.2, 0.25) is 6.43 Å². The van der Waals surface area contributed by atoms with Gasteiger partial charge in [0.25, 0.3) is 11.8 Å². The fourth-order valence-corrected chi connectivity index (χ4v) is 5.06. The van der Waals surface area contributed by atoms with Crippen LogP contribution < -0.4 is 5.32 Å². The van der Waals surface area contributed by atoms with Crippen molar-refractivity contribution in [2.24, 2.45) is 10.9 Å². The number of nitrogens with one attached hydrogen (secondary N) is 1. The van der Waals surface area contributed by atoms with E-state index in [1.807, 2.05) is 6.92 Å². The third kappa shape index (κ3) is 7.06. The van der Waals surface area contributed by atoms with Crippen LogP contribution in [0.5, 0.6) is 0 Å². The normalized spacial score (nSPS) is 18.3. The number of alkyl halides is 4. The molecule has 0 aromatic carbocycles. The number of hydrogen-bond donors (Lipinski definition) is 1. The van der Waals surface area contributed by atoms with Gasteiger partial charge >= 0.3 is 0 Å². The van der Waals surface area contributed by atoms with Crippen molar-refractivity contribution in [3.8, 4) is 11.8 Å². The van der Waals surface area contributed by atoms with Crippen LogP contribution in [-0.2, 0) is 16.1 Å². The third-order valence-electron chi connectivity index (χ3n) is 7.47. The molecule has 2 aliphatic carbocycles. The second kappa shape index (κ2) is 12.8. The maximum absolute atomic E-state index is 15.2. The number of aliphatic imine (C=N–C) groups is 1. The zero-order chi connectivity index (χ0) is 28.8. The summed E-state index contributed by atoms with van der Waals surface area (Å²) in [5.74, 6) is 1.15. The summed E-state index contributed by atoms with van der Waals surface area (Å²) in [4.78, 5) is 21.5. The highest BCUT2D eigenvalue weighted by Gasteiger charge is 2.37. The van der Waals surface area contributed by atoms with Gasteiger partial charge in [0.1, 0.15) is 5.84 Å². The molecule has 4 nitrogen and oxygen atoms in total. The molecule has 209 valence electrons. The topological polar surface area (TPSA) is 54.4 Å². The van der Waals surface area contributed by atoms with Crippen LogP contribution in [-0.4, -0.2) is 23.2 Å². The molecule has 39 heavy (non-hydrogen) atoms. The molecule has 0 saturated heterocycles. The highest BCUT2D eigenvalue weighted by Crippen LogP contribution is 2.42. The average Bonchev–Trinajstić information content (AvgIpc) is 3.77. The predicted octanol–water partition coefficient (Wildman–Crippen LogP) is 7.68. The molecule has 1 atom stereocenters. The second-order valence-corrected chi connectivity index (χ2v) is 10.1. The summed E-state index contributed by atoms with van der Waals surface area (Å²) in [7, 11) is 0. The molecule has 0 unspecified atom stereocenters. The Kier molecular flexibility index (Phi) is 9.93. The van der Waals surface area contributed by atoms with Gasteiger partial charge in [-0.05, 0) is 43.9 Å². The Morgan fingerprint density at radius 3 is 2.41 bits per heavy atom. The van der Waals surface area contributed by atoms with E-state index in [4.69, 9.17) is 4.98 Å². The minimum absolute atomic E-state index is 0.0173. The van der Waals surface area contributed by atoms with Crippen LogP contribution in [0.15, 0.2) is 47.1 Å². The Bertz CT molecular complexity index is 1240. The zero-order valence-electron chi connectivity index (χ0n) is 23.0. The molecule has 0 aliphatic heterocycles. The molecular formula is C31H36F4N3O. The van der Waals surface area contributed by atoms with E-state index in [0.29, 0.717) is 37.0 Å². The van der Waals surface area contributed by atoms with Crippen molar-refractivity contribution >= 4 is 17.3 Å². The number of halogens is 4. The molecule has 1 amide bonds. The Morgan fingerprint density at radius 1 is 1.26 bits per heavy atom. The van der Waals surface area contributed by atoms with E-state index in [1.165, 1.54) is 26.0 Å². The van der Waals surface area contributed by atoms with E-state index in [0.717, 1.165) is 19.0 Å². The molecule has 0 saturated carbocycles. The van der Waals surface area contributed by atoms with Crippen molar-refractivity contribution in [3.63, 3.8) is 0 Å². The maximum Gasteiger partial charge on any atom is 0.273 e. The van der Waals surface area contributed by atoms with E-state index < -0.39 is 36.0 Å². The van der Waals surface area contributed by atoms with Gasteiger partial charge in [-0.25, -0.2) is 22.6 Å². The standard InChI is InChI=1S/C31H36F4N3O/c1-6-15-30(16-11-9-10-12-17-30)25-19-23(31(34,35)7-2)18-24(37-25)20(4)26(21(5)27(32)33)28(36-8-3)38-29(39)22-13-14-22/h8,13-14,18-19,21,27H,3,6-7,11-12,15-17H2,1-2,4-5H3,(H,36,38,39)/b26-20+/t21-/m1/s1. The largest absolute Gasteiger partial charge is 0.307 e. The van der Waals surface area contributed by atoms with E-state index >= 15 is 8.78 Å². The number of amidine groups is 1. The third-order valence-corrected chi connectivity index (χ3v) is 7.47. The van der Waals surface area contributed by atoms with Crippen LogP contribution in [0.25, 0.3) is 5.57 Å². The molecule has 1 N–H and O–H groups in total. The highest BCUT2D eigenvalue weighted by molar-refractivity contribution is 6.17. The number of carbonyl (C=O) groups excluding carboxylic acids is 1. The summed E-state index contributed by atoms with van der Waals surface area (Å²) < 4.78 is 58.7. The van der Waals surface area contributed by atoms with Crippen LogP contribution in [0.4, 0.5) is 17.6 Å². The van der Waals surface area contributed by atoms with Gasteiger partial charge in [-0.1, -0.05) is 39.8 Å². The molecule has 3 rings (SSSR count). The van der Waals surface area contributed by atoms with Gasteiger partial charge in [-0.15, -0.1) is 11.8 Å². The summed E-state index contributed by atoms with van der Waals surface area (Å²) in [6.45, 7) is 9.88. The molecule has 1 heterocycles. The lowest BCUT2D eigenvalue weighted by Crippen LogP contribution is -2.35. The fourth-order valence-electron chi connectivity index (χ4n) is 5.06. The molecule has 0 bridgehead atoms. The van der Waals surface area contributed by atoms with Gasteiger partial charge in [-0.2, -0.15) is 0 Å². The summed E-state index contributed by atoms with van der Waals surface area (Å²) in [6.07, 6.45) is 5.25. The molecule has 1 aromatic rings. The summed E-state index contributed by atoms with van der Waals surface area (Å²) >= 11 is 0. The lowest BCUT2D eigenvalue weighted by molar-refractivity contribution is -0.115. The van der Waals surface area contributed by atoms with Crippen molar-refractivity contribution in [2.45, 2.75) is 90.4 Å². The average molecular weight is 543 g/mol. The van der Waals surface area contributed by atoms with E-state index in [1.54, 1.807) is 19.4 Å². The molecule has 0 fully saturated rings. The maximum atomic E-state index is 15.2. The van der Waals surface area contributed by atoms with Crippen LogP contribution >= 0.6 is 0 Å². The SMILES string of the molecule is C=CN=C(NC(=O)C1=C[CH]1)/C(=C(\C)c1cc(C(F)(F)CC)cc(C2(CCC)CCC#CCC2)n1)[C@@H](C)C(F)F. The minimum atomic E-state index is -3.14. The fraction of sp³-hybridized carbons (Fsp3) is 0.484.